The number of nitrogens with one attached hydrogen (secondary N) is 1. The predicted octanol–water partition coefficient (Wildman–Crippen LogP) is 0.0105. The van der Waals surface area contributed by atoms with Crippen molar-refractivity contribution in [3.8, 4) is 0 Å². The maximum absolute atomic E-state index is 12.3. The van der Waals surface area contributed by atoms with E-state index in [-0.39, 0.29) is 18.6 Å². The molecule has 2 rings (SSSR count). The van der Waals surface area contributed by atoms with Crippen molar-refractivity contribution in [1.82, 2.24) is 5.32 Å². The topological polar surface area (TPSA) is 108 Å². The lowest BCUT2D eigenvalue weighted by atomic mass is 9.95. The molecule has 26 heavy (non-hydrogen) atoms. The third kappa shape index (κ3) is 5.75. The van der Waals surface area contributed by atoms with Crippen molar-refractivity contribution in [1.29, 1.82) is 0 Å². The summed E-state index contributed by atoms with van der Waals surface area (Å²) in [6, 6.07) is 8.95. The molecule has 0 amide bonds. The van der Waals surface area contributed by atoms with Gasteiger partial charge in [0.05, 0.1) is 19.3 Å². The summed E-state index contributed by atoms with van der Waals surface area (Å²) in [5.74, 6) is -0.330. The van der Waals surface area contributed by atoms with Gasteiger partial charge >= 0.3 is 5.97 Å². The maximum Gasteiger partial charge on any atom is 0.323 e. The molecule has 1 aromatic carbocycles. The minimum absolute atomic E-state index is 0.0269. The standard InChI is InChI=1S/C19H29NO6/c1-3-25-19(24)14(10-13-7-5-4-6-8-13)20-12(2)9-16-18(23)17(22)15(21)11-26-16/h4-8,12,14-18,20-23H,3,9-11H2,1-2H3. The molecule has 0 radical (unpaired) electrons. The summed E-state index contributed by atoms with van der Waals surface area (Å²) < 4.78 is 10.6. The Balaban J connectivity index is 1.96. The van der Waals surface area contributed by atoms with E-state index in [4.69, 9.17) is 9.47 Å². The highest BCUT2D eigenvalue weighted by Crippen LogP contribution is 2.20. The molecule has 1 fully saturated rings. The van der Waals surface area contributed by atoms with Gasteiger partial charge in [0.15, 0.2) is 0 Å². The molecular weight excluding hydrogens is 338 g/mol. The van der Waals surface area contributed by atoms with Gasteiger partial charge in [-0.05, 0) is 32.3 Å². The second kappa shape index (κ2) is 9.99. The summed E-state index contributed by atoms with van der Waals surface area (Å²) in [5.41, 5.74) is 1.01. The lowest BCUT2D eigenvalue weighted by Crippen LogP contribution is -2.55. The van der Waals surface area contributed by atoms with Gasteiger partial charge in [-0.2, -0.15) is 0 Å². The molecule has 1 saturated heterocycles. The van der Waals surface area contributed by atoms with E-state index in [1.807, 2.05) is 37.3 Å². The van der Waals surface area contributed by atoms with Crippen LogP contribution >= 0.6 is 0 Å². The molecule has 6 unspecified atom stereocenters. The van der Waals surface area contributed by atoms with Crippen LogP contribution in [0.2, 0.25) is 0 Å². The number of hydrogen-bond donors (Lipinski definition) is 4. The number of aliphatic hydroxyl groups is 3. The smallest absolute Gasteiger partial charge is 0.323 e. The van der Waals surface area contributed by atoms with Gasteiger partial charge in [-0.15, -0.1) is 0 Å². The molecule has 1 heterocycles. The SMILES string of the molecule is CCOC(=O)C(Cc1ccccc1)NC(C)CC1OCC(O)C(O)C1O. The van der Waals surface area contributed by atoms with Crippen molar-refractivity contribution in [2.24, 2.45) is 0 Å². The Kier molecular flexibility index (Phi) is 7.99. The van der Waals surface area contributed by atoms with E-state index in [0.29, 0.717) is 19.4 Å². The van der Waals surface area contributed by atoms with Crippen LogP contribution in [0, 0.1) is 0 Å². The van der Waals surface area contributed by atoms with E-state index in [9.17, 15) is 20.1 Å². The van der Waals surface area contributed by atoms with Crippen molar-refractivity contribution in [3.63, 3.8) is 0 Å². The molecule has 1 aliphatic heterocycles. The number of benzene rings is 1. The van der Waals surface area contributed by atoms with E-state index >= 15 is 0 Å². The quantitative estimate of drug-likeness (QED) is 0.479. The van der Waals surface area contributed by atoms with Gasteiger partial charge in [-0.3, -0.25) is 4.79 Å². The number of hydrogen-bond acceptors (Lipinski definition) is 7. The highest BCUT2D eigenvalue weighted by Gasteiger charge is 2.38. The Labute approximate surface area is 153 Å². The van der Waals surface area contributed by atoms with Gasteiger partial charge in [0.2, 0.25) is 0 Å². The highest BCUT2D eigenvalue weighted by molar-refractivity contribution is 5.76. The second-order valence-corrected chi connectivity index (χ2v) is 6.72. The number of rotatable bonds is 8. The fraction of sp³-hybridized carbons (Fsp3) is 0.632. The van der Waals surface area contributed by atoms with Crippen LogP contribution in [-0.4, -0.2) is 71.0 Å². The monoisotopic (exact) mass is 367 g/mol. The van der Waals surface area contributed by atoms with Crippen LogP contribution in [0.4, 0.5) is 0 Å². The Morgan fingerprint density at radius 2 is 1.96 bits per heavy atom. The van der Waals surface area contributed by atoms with Crippen LogP contribution in [-0.2, 0) is 20.7 Å². The molecule has 7 heteroatoms. The zero-order chi connectivity index (χ0) is 19.1. The highest BCUT2D eigenvalue weighted by atomic mass is 16.5. The molecule has 0 saturated carbocycles. The zero-order valence-electron chi connectivity index (χ0n) is 15.2. The second-order valence-electron chi connectivity index (χ2n) is 6.72. The average Bonchev–Trinajstić information content (AvgIpc) is 2.63. The first kappa shape index (κ1) is 20.8. The minimum atomic E-state index is -1.23. The van der Waals surface area contributed by atoms with Gasteiger partial charge in [-0.1, -0.05) is 30.3 Å². The summed E-state index contributed by atoms with van der Waals surface area (Å²) in [5, 5.41) is 32.6. The van der Waals surface area contributed by atoms with Crippen LogP contribution in [0.1, 0.15) is 25.8 Å². The fourth-order valence-corrected chi connectivity index (χ4v) is 3.14. The molecule has 1 aliphatic rings. The Hall–Kier alpha value is -1.51. The van der Waals surface area contributed by atoms with Crippen molar-refractivity contribution < 1.29 is 29.6 Å². The van der Waals surface area contributed by atoms with Crippen LogP contribution in [0.5, 0.6) is 0 Å². The molecule has 0 aliphatic carbocycles. The molecular formula is C19H29NO6. The van der Waals surface area contributed by atoms with Gasteiger partial charge in [0.1, 0.15) is 24.4 Å². The zero-order valence-corrected chi connectivity index (χ0v) is 15.2. The Morgan fingerprint density at radius 3 is 2.62 bits per heavy atom. The number of carbonyl (C=O) groups is 1. The van der Waals surface area contributed by atoms with Crippen LogP contribution in [0.15, 0.2) is 30.3 Å². The number of aliphatic hydroxyl groups excluding tert-OH is 3. The number of esters is 1. The van der Waals surface area contributed by atoms with E-state index in [1.54, 1.807) is 6.92 Å². The van der Waals surface area contributed by atoms with Crippen molar-refractivity contribution in [2.75, 3.05) is 13.2 Å². The average molecular weight is 367 g/mol. The molecule has 6 atom stereocenters. The fourth-order valence-electron chi connectivity index (χ4n) is 3.14. The largest absolute Gasteiger partial charge is 0.465 e. The molecule has 1 aromatic rings. The molecule has 4 N–H and O–H groups in total. The van der Waals surface area contributed by atoms with Crippen LogP contribution in [0.25, 0.3) is 0 Å². The minimum Gasteiger partial charge on any atom is -0.465 e. The van der Waals surface area contributed by atoms with E-state index in [0.717, 1.165) is 5.56 Å². The van der Waals surface area contributed by atoms with Crippen molar-refractivity contribution in [2.45, 2.75) is 63.2 Å². The summed E-state index contributed by atoms with van der Waals surface area (Å²) in [6.07, 6.45) is -3.23. The van der Waals surface area contributed by atoms with Gasteiger partial charge < -0.3 is 30.1 Å². The summed E-state index contributed by atoms with van der Waals surface area (Å²) in [6.45, 7) is 3.92. The molecule has 0 spiro atoms. The maximum atomic E-state index is 12.3. The first-order valence-corrected chi connectivity index (χ1v) is 9.04. The van der Waals surface area contributed by atoms with Gasteiger partial charge in [0, 0.05) is 6.04 Å². The normalized spacial score (nSPS) is 28.3. The lowest BCUT2D eigenvalue weighted by molar-refractivity contribution is -0.189. The summed E-state index contributed by atoms with van der Waals surface area (Å²) in [4.78, 5) is 12.3. The Morgan fingerprint density at radius 1 is 1.27 bits per heavy atom. The predicted molar refractivity (Wildman–Crippen MR) is 95.5 cm³/mol. The van der Waals surface area contributed by atoms with Crippen LogP contribution in [0.3, 0.4) is 0 Å². The van der Waals surface area contributed by atoms with Crippen LogP contribution < -0.4 is 5.32 Å². The summed E-state index contributed by atoms with van der Waals surface area (Å²) >= 11 is 0. The molecule has 7 nitrogen and oxygen atoms in total. The molecule has 0 aromatic heterocycles. The number of ether oxygens (including phenoxy) is 2. The van der Waals surface area contributed by atoms with E-state index < -0.39 is 30.5 Å². The summed E-state index contributed by atoms with van der Waals surface area (Å²) in [7, 11) is 0. The molecule has 146 valence electrons. The van der Waals surface area contributed by atoms with E-state index in [1.165, 1.54) is 0 Å². The molecule has 0 bridgehead atoms. The van der Waals surface area contributed by atoms with Gasteiger partial charge in [-0.25, -0.2) is 0 Å². The number of carbonyl (C=O) groups excluding carboxylic acids is 1. The van der Waals surface area contributed by atoms with Gasteiger partial charge in [0.25, 0.3) is 0 Å². The van der Waals surface area contributed by atoms with Crippen molar-refractivity contribution in [3.05, 3.63) is 35.9 Å². The lowest BCUT2D eigenvalue weighted by Gasteiger charge is -2.36. The van der Waals surface area contributed by atoms with E-state index in [2.05, 4.69) is 5.32 Å². The first-order valence-electron chi connectivity index (χ1n) is 9.04. The third-order valence-corrected chi connectivity index (χ3v) is 4.53. The van der Waals surface area contributed by atoms with Crippen molar-refractivity contribution >= 4 is 5.97 Å². The third-order valence-electron chi connectivity index (χ3n) is 4.53. The Bertz CT molecular complexity index is 554. The first-order chi connectivity index (χ1) is 12.4.